The van der Waals surface area contributed by atoms with Gasteiger partial charge in [0.05, 0.1) is 12.7 Å². The maximum absolute atomic E-state index is 6.20. The van der Waals surface area contributed by atoms with E-state index >= 15 is 0 Å². The second kappa shape index (κ2) is 8.74. The molecule has 1 fully saturated rings. The van der Waals surface area contributed by atoms with E-state index in [0.717, 1.165) is 44.2 Å². The highest BCUT2D eigenvalue weighted by Gasteiger charge is 2.18. The van der Waals surface area contributed by atoms with Gasteiger partial charge in [-0.1, -0.05) is 37.6 Å². The van der Waals surface area contributed by atoms with Gasteiger partial charge in [0.2, 0.25) is 0 Å². The van der Waals surface area contributed by atoms with E-state index in [1.165, 1.54) is 5.56 Å². The minimum atomic E-state index is 0.0764. The number of rotatable bonds is 7. The molecule has 1 unspecified atom stereocenters. The molecule has 0 aliphatic carbocycles. The summed E-state index contributed by atoms with van der Waals surface area (Å²) in [5.74, 6) is 0.618. The molecule has 1 atom stereocenters. The van der Waals surface area contributed by atoms with Gasteiger partial charge in [-0.3, -0.25) is 0 Å². The van der Waals surface area contributed by atoms with Crippen molar-refractivity contribution in [2.24, 2.45) is 5.92 Å². The lowest BCUT2D eigenvalue weighted by Crippen LogP contribution is -2.30. The minimum Gasteiger partial charge on any atom is -0.381 e. The molecule has 1 aliphatic heterocycles. The van der Waals surface area contributed by atoms with Crippen LogP contribution in [0.3, 0.4) is 0 Å². The first-order valence-electron chi connectivity index (χ1n) is 7.83. The van der Waals surface area contributed by atoms with E-state index in [-0.39, 0.29) is 6.10 Å². The number of hydrogen-bond acceptors (Lipinski definition) is 3. The topological polar surface area (TPSA) is 30.5 Å². The quantitative estimate of drug-likeness (QED) is 0.830. The van der Waals surface area contributed by atoms with Crippen molar-refractivity contribution in [2.75, 3.05) is 26.4 Å². The zero-order valence-electron chi connectivity index (χ0n) is 13.0. The highest BCUT2D eigenvalue weighted by molar-refractivity contribution is 6.30. The molecule has 1 aliphatic rings. The average Bonchev–Trinajstić information content (AvgIpc) is 2.49. The summed E-state index contributed by atoms with van der Waals surface area (Å²) < 4.78 is 11.6. The van der Waals surface area contributed by atoms with Gasteiger partial charge in [0.1, 0.15) is 0 Å². The van der Waals surface area contributed by atoms with Crippen LogP contribution in [-0.2, 0) is 9.47 Å². The largest absolute Gasteiger partial charge is 0.381 e. The third-order valence-corrected chi connectivity index (χ3v) is 4.08. The first-order valence-corrected chi connectivity index (χ1v) is 8.21. The predicted octanol–water partition coefficient (Wildman–Crippen LogP) is 3.82. The van der Waals surface area contributed by atoms with Crippen molar-refractivity contribution in [3.05, 3.63) is 34.9 Å². The predicted molar refractivity (Wildman–Crippen MR) is 86.8 cm³/mol. The molecule has 4 heteroatoms. The third kappa shape index (κ3) is 5.95. The lowest BCUT2D eigenvalue weighted by atomic mass is 10.0. The van der Waals surface area contributed by atoms with Gasteiger partial charge in [0, 0.05) is 30.8 Å². The Hall–Kier alpha value is -0.610. The first kappa shape index (κ1) is 16.8. The molecule has 1 N–H and O–H groups in total. The molecule has 0 amide bonds. The molecule has 2 rings (SSSR count). The van der Waals surface area contributed by atoms with Crippen LogP contribution in [-0.4, -0.2) is 32.4 Å². The van der Waals surface area contributed by atoms with Crippen LogP contribution in [0.1, 0.15) is 38.4 Å². The normalized spacial score (nSPS) is 18.1. The standard InChI is InChI=1S/C17H26ClNO2/c1-13(2)19-11-17(15-3-5-16(18)6-4-15)21-12-14-7-9-20-10-8-14/h3-6,13-14,17,19H,7-12H2,1-2H3. The van der Waals surface area contributed by atoms with Gasteiger partial charge >= 0.3 is 0 Å². The Labute approximate surface area is 133 Å². The van der Waals surface area contributed by atoms with E-state index in [9.17, 15) is 0 Å². The summed E-state index contributed by atoms with van der Waals surface area (Å²) in [5.41, 5.74) is 1.18. The van der Waals surface area contributed by atoms with Crippen LogP contribution in [0, 0.1) is 5.92 Å². The van der Waals surface area contributed by atoms with Crippen LogP contribution in [0.5, 0.6) is 0 Å². The van der Waals surface area contributed by atoms with Crippen molar-refractivity contribution in [2.45, 2.75) is 38.8 Å². The fourth-order valence-corrected chi connectivity index (χ4v) is 2.58. The molecule has 0 bridgehead atoms. The molecule has 21 heavy (non-hydrogen) atoms. The minimum absolute atomic E-state index is 0.0764. The fraction of sp³-hybridized carbons (Fsp3) is 0.647. The van der Waals surface area contributed by atoms with E-state index < -0.39 is 0 Å². The van der Waals surface area contributed by atoms with Crippen molar-refractivity contribution < 1.29 is 9.47 Å². The van der Waals surface area contributed by atoms with Crippen LogP contribution < -0.4 is 5.32 Å². The Morgan fingerprint density at radius 1 is 1.24 bits per heavy atom. The molecule has 0 saturated carbocycles. The van der Waals surface area contributed by atoms with Gasteiger partial charge < -0.3 is 14.8 Å². The Bertz CT molecular complexity index is 402. The van der Waals surface area contributed by atoms with Crippen LogP contribution >= 0.6 is 11.6 Å². The molecular formula is C17H26ClNO2. The molecule has 1 saturated heterocycles. The maximum Gasteiger partial charge on any atom is 0.0949 e. The van der Waals surface area contributed by atoms with Gasteiger partial charge in [0.25, 0.3) is 0 Å². The fourth-order valence-electron chi connectivity index (χ4n) is 2.46. The monoisotopic (exact) mass is 311 g/mol. The van der Waals surface area contributed by atoms with Crippen LogP contribution in [0.15, 0.2) is 24.3 Å². The van der Waals surface area contributed by atoms with Crippen LogP contribution in [0.25, 0.3) is 0 Å². The zero-order valence-corrected chi connectivity index (χ0v) is 13.7. The molecule has 0 spiro atoms. The molecular weight excluding hydrogens is 286 g/mol. The summed E-state index contributed by atoms with van der Waals surface area (Å²) in [4.78, 5) is 0. The Kier molecular flexibility index (Phi) is 6.97. The second-order valence-electron chi connectivity index (χ2n) is 5.99. The molecule has 0 aromatic heterocycles. The van der Waals surface area contributed by atoms with E-state index in [4.69, 9.17) is 21.1 Å². The SMILES string of the molecule is CC(C)NCC(OCC1CCOCC1)c1ccc(Cl)cc1. The summed E-state index contributed by atoms with van der Waals surface area (Å²) in [7, 11) is 0. The summed E-state index contributed by atoms with van der Waals surface area (Å²) in [6.45, 7) is 7.65. The maximum atomic E-state index is 6.20. The van der Waals surface area contributed by atoms with Crippen LogP contribution in [0.4, 0.5) is 0 Å². The Balaban J connectivity index is 1.92. The average molecular weight is 312 g/mol. The van der Waals surface area contributed by atoms with Crippen molar-refractivity contribution in [3.63, 3.8) is 0 Å². The Morgan fingerprint density at radius 2 is 1.90 bits per heavy atom. The summed E-state index contributed by atoms with van der Waals surface area (Å²) in [5, 5.41) is 4.23. The smallest absolute Gasteiger partial charge is 0.0949 e. The molecule has 3 nitrogen and oxygen atoms in total. The van der Waals surface area contributed by atoms with Gasteiger partial charge in [0.15, 0.2) is 0 Å². The second-order valence-corrected chi connectivity index (χ2v) is 6.43. The molecule has 1 aromatic rings. The van der Waals surface area contributed by atoms with Gasteiger partial charge in [-0.25, -0.2) is 0 Å². The van der Waals surface area contributed by atoms with E-state index in [0.29, 0.717) is 12.0 Å². The van der Waals surface area contributed by atoms with Crippen LogP contribution in [0.2, 0.25) is 5.02 Å². The van der Waals surface area contributed by atoms with Gasteiger partial charge in [-0.15, -0.1) is 0 Å². The number of hydrogen-bond donors (Lipinski definition) is 1. The lowest BCUT2D eigenvalue weighted by Gasteiger charge is -2.26. The number of benzene rings is 1. The van der Waals surface area contributed by atoms with Gasteiger partial charge in [-0.2, -0.15) is 0 Å². The molecule has 1 aromatic carbocycles. The highest BCUT2D eigenvalue weighted by atomic mass is 35.5. The molecule has 0 radical (unpaired) electrons. The van der Waals surface area contributed by atoms with E-state index in [1.54, 1.807) is 0 Å². The lowest BCUT2D eigenvalue weighted by molar-refractivity contribution is -0.0119. The van der Waals surface area contributed by atoms with E-state index in [2.05, 4.69) is 31.3 Å². The van der Waals surface area contributed by atoms with Crippen molar-refractivity contribution in [1.82, 2.24) is 5.32 Å². The number of ether oxygens (including phenoxy) is 2. The first-order chi connectivity index (χ1) is 10.1. The van der Waals surface area contributed by atoms with Crippen molar-refractivity contribution >= 4 is 11.6 Å². The molecule has 118 valence electrons. The van der Waals surface area contributed by atoms with Crippen molar-refractivity contribution in [1.29, 1.82) is 0 Å². The summed E-state index contributed by atoms with van der Waals surface area (Å²) in [6.07, 6.45) is 2.28. The number of nitrogens with one attached hydrogen (secondary N) is 1. The molecule has 1 heterocycles. The third-order valence-electron chi connectivity index (χ3n) is 3.83. The Morgan fingerprint density at radius 3 is 2.52 bits per heavy atom. The van der Waals surface area contributed by atoms with E-state index in [1.807, 2.05) is 12.1 Å². The zero-order chi connectivity index (χ0) is 15.1. The number of halogens is 1. The summed E-state index contributed by atoms with van der Waals surface area (Å²) >= 11 is 5.97. The van der Waals surface area contributed by atoms with Gasteiger partial charge in [-0.05, 0) is 36.5 Å². The van der Waals surface area contributed by atoms with Crippen molar-refractivity contribution in [3.8, 4) is 0 Å². The highest BCUT2D eigenvalue weighted by Crippen LogP contribution is 2.23. The summed E-state index contributed by atoms with van der Waals surface area (Å²) in [6, 6.07) is 8.41.